The second kappa shape index (κ2) is 5.22. The number of ether oxygens (including phenoxy) is 1. The largest absolute Gasteiger partial charge is 0.491 e. The molecule has 0 saturated heterocycles. The molecule has 0 aliphatic rings. The summed E-state index contributed by atoms with van der Waals surface area (Å²) in [7, 11) is 0. The smallest absolute Gasteiger partial charge is 0.165 e. The molecule has 0 atom stereocenters. The van der Waals surface area contributed by atoms with E-state index >= 15 is 0 Å². The van der Waals surface area contributed by atoms with E-state index in [4.69, 9.17) is 10.5 Å². The third-order valence-electron chi connectivity index (χ3n) is 2.75. The molecule has 1 aromatic carbocycles. The van der Waals surface area contributed by atoms with Gasteiger partial charge in [0.05, 0.1) is 23.7 Å². The molecule has 0 amide bonds. The lowest BCUT2D eigenvalue weighted by molar-refractivity contribution is 0.321. The maximum Gasteiger partial charge on any atom is 0.165 e. The number of halogens is 1. The summed E-state index contributed by atoms with van der Waals surface area (Å²) in [6.07, 6.45) is 0. The van der Waals surface area contributed by atoms with Crippen molar-refractivity contribution in [1.29, 1.82) is 0 Å². The second-order valence-corrected chi connectivity index (χ2v) is 4.20. The molecular formula is C14H16FN3O. The zero-order valence-electron chi connectivity index (χ0n) is 11.2. The van der Waals surface area contributed by atoms with E-state index in [0.29, 0.717) is 35.1 Å². The van der Waals surface area contributed by atoms with Crippen LogP contribution in [0.1, 0.15) is 18.4 Å². The zero-order valence-corrected chi connectivity index (χ0v) is 11.2. The van der Waals surface area contributed by atoms with Crippen molar-refractivity contribution in [3.8, 4) is 17.0 Å². The molecule has 5 heteroatoms. The number of nitrogens with two attached hydrogens (primary N) is 1. The first-order chi connectivity index (χ1) is 9.02. The minimum atomic E-state index is -0.423. The van der Waals surface area contributed by atoms with Gasteiger partial charge in [-0.1, -0.05) is 0 Å². The number of nitrogens with zero attached hydrogens (tertiary/aromatic N) is 2. The quantitative estimate of drug-likeness (QED) is 0.922. The second-order valence-electron chi connectivity index (χ2n) is 4.20. The standard InChI is InChI=1S/C14H16FN3O/c1-4-19-12-6-5-10(7-11(12)15)14-13(16)8(2)17-9(3)18-14/h5-7H,4,16H2,1-3H3. The molecule has 0 unspecified atom stereocenters. The van der Waals surface area contributed by atoms with E-state index in [9.17, 15) is 4.39 Å². The molecule has 0 fully saturated rings. The van der Waals surface area contributed by atoms with Crippen LogP contribution in [0.2, 0.25) is 0 Å². The van der Waals surface area contributed by atoms with Gasteiger partial charge in [-0.3, -0.25) is 0 Å². The first-order valence-corrected chi connectivity index (χ1v) is 6.06. The maximum absolute atomic E-state index is 13.8. The highest BCUT2D eigenvalue weighted by atomic mass is 19.1. The van der Waals surface area contributed by atoms with Crippen LogP contribution in [-0.2, 0) is 0 Å². The minimum Gasteiger partial charge on any atom is -0.491 e. The fourth-order valence-electron chi connectivity index (χ4n) is 1.86. The summed E-state index contributed by atoms with van der Waals surface area (Å²) in [6.45, 7) is 5.81. The molecular weight excluding hydrogens is 245 g/mol. The average Bonchev–Trinajstić information content (AvgIpc) is 2.36. The Hall–Kier alpha value is -2.17. The van der Waals surface area contributed by atoms with Crippen LogP contribution in [0.15, 0.2) is 18.2 Å². The third-order valence-corrected chi connectivity index (χ3v) is 2.75. The van der Waals surface area contributed by atoms with Crippen molar-refractivity contribution in [2.45, 2.75) is 20.8 Å². The van der Waals surface area contributed by atoms with Crippen LogP contribution in [0.4, 0.5) is 10.1 Å². The molecule has 0 bridgehead atoms. The molecule has 2 N–H and O–H groups in total. The lowest BCUT2D eigenvalue weighted by Crippen LogP contribution is -2.02. The molecule has 0 saturated carbocycles. The van der Waals surface area contributed by atoms with Crippen LogP contribution < -0.4 is 10.5 Å². The molecule has 2 aromatic rings. The number of nitrogen functional groups attached to an aromatic ring is 1. The fourth-order valence-corrected chi connectivity index (χ4v) is 1.86. The van der Waals surface area contributed by atoms with Gasteiger partial charge in [0.25, 0.3) is 0 Å². The van der Waals surface area contributed by atoms with E-state index < -0.39 is 5.82 Å². The highest BCUT2D eigenvalue weighted by molar-refractivity contribution is 5.74. The Morgan fingerprint density at radius 3 is 2.63 bits per heavy atom. The van der Waals surface area contributed by atoms with Crippen LogP contribution in [0, 0.1) is 19.7 Å². The van der Waals surface area contributed by atoms with Crippen molar-refractivity contribution >= 4 is 5.69 Å². The molecule has 1 heterocycles. The van der Waals surface area contributed by atoms with Crippen molar-refractivity contribution < 1.29 is 9.13 Å². The number of benzene rings is 1. The van der Waals surface area contributed by atoms with Gasteiger partial charge in [-0.25, -0.2) is 14.4 Å². The monoisotopic (exact) mass is 261 g/mol. The minimum absolute atomic E-state index is 0.229. The molecule has 2 rings (SSSR count). The van der Waals surface area contributed by atoms with Gasteiger partial charge in [0.1, 0.15) is 5.82 Å². The number of anilines is 1. The molecule has 19 heavy (non-hydrogen) atoms. The highest BCUT2D eigenvalue weighted by Crippen LogP contribution is 2.29. The summed E-state index contributed by atoms with van der Waals surface area (Å²) in [4.78, 5) is 8.45. The van der Waals surface area contributed by atoms with Crippen LogP contribution in [-0.4, -0.2) is 16.6 Å². The fraction of sp³-hybridized carbons (Fsp3) is 0.286. The number of aromatic nitrogens is 2. The Balaban J connectivity index is 2.51. The van der Waals surface area contributed by atoms with Gasteiger partial charge in [-0.05, 0) is 39.0 Å². The van der Waals surface area contributed by atoms with Crippen molar-refractivity contribution in [3.63, 3.8) is 0 Å². The summed E-state index contributed by atoms with van der Waals surface area (Å²) in [5, 5.41) is 0. The Kier molecular flexibility index (Phi) is 3.64. The molecule has 0 aliphatic heterocycles. The summed E-state index contributed by atoms with van der Waals surface area (Å²) in [6, 6.07) is 4.70. The topological polar surface area (TPSA) is 61.0 Å². The number of hydrogen-bond acceptors (Lipinski definition) is 4. The molecule has 0 aliphatic carbocycles. The first-order valence-electron chi connectivity index (χ1n) is 6.06. The van der Waals surface area contributed by atoms with Crippen LogP contribution in [0.5, 0.6) is 5.75 Å². The Morgan fingerprint density at radius 1 is 1.26 bits per heavy atom. The Morgan fingerprint density at radius 2 is 2.00 bits per heavy atom. The zero-order chi connectivity index (χ0) is 14.0. The van der Waals surface area contributed by atoms with Crippen molar-refractivity contribution in [2.24, 2.45) is 0 Å². The number of aryl methyl sites for hydroxylation is 2. The van der Waals surface area contributed by atoms with Crippen molar-refractivity contribution in [1.82, 2.24) is 9.97 Å². The lowest BCUT2D eigenvalue weighted by Gasteiger charge is -2.10. The molecule has 1 aromatic heterocycles. The summed E-state index contributed by atoms with van der Waals surface area (Å²) in [5.41, 5.74) is 8.28. The summed E-state index contributed by atoms with van der Waals surface area (Å²) < 4.78 is 19.0. The number of hydrogen-bond donors (Lipinski definition) is 1. The third kappa shape index (κ3) is 2.65. The van der Waals surface area contributed by atoms with Crippen molar-refractivity contribution in [2.75, 3.05) is 12.3 Å². The van der Waals surface area contributed by atoms with Gasteiger partial charge in [-0.2, -0.15) is 0 Å². The predicted molar refractivity (Wildman–Crippen MR) is 72.5 cm³/mol. The normalized spacial score (nSPS) is 10.5. The van der Waals surface area contributed by atoms with E-state index in [1.54, 1.807) is 26.0 Å². The van der Waals surface area contributed by atoms with Crippen molar-refractivity contribution in [3.05, 3.63) is 35.5 Å². The molecule has 0 radical (unpaired) electrons. The van der Waals surface area contributed by atoms with E-state index in [-0.39, 0.29) is 5.75 Å². The van der Waals surface area contributed by atoms with Gasteiger partial charge in [0.2, 0.25) is 0 Å². The Bertz CT molecular complexity index is 614. The number of rotatable bonds is 3. The SMILES string of the molecule is CCOc1ccc(-c2nc(C)nc(C)c2N)cc1F. The van der Waals surface area contributed by atoms with Crippen LogP contribution >= 0.6 is 0 Å². The predicted octanol–water partition coefficient (Wildman–Crippen LogP) is 2.88. The summed E-state index contributed by atoms with van der Waals surface area (Å²) >= 11 is 0. The van der Waals surface area contributed by atoms with E-state index in [0.717, 1.165) is 0 Å². The summed E-state index contributed by atoms with van der Waals surface area (Å²) in [5.74, 6) is 0.413. The average molecular weight is 261 g/mol. The maximum atomic E-state index is 13.8. The van der Waals surface area contributed by atoms with Crippen LogP contribution in [0.3, 0.4) is 0 Å². The highest BCUT2D eigenvalue weighted by Gasteiger charge is 2.12. The van der Waals surface area contributed by atoms with Gasteiger partial charge < -0.3 is 10.5 Å². The first kappa shape index (κ1) is 13.3. The van der Waals surface area contributed by atoms with Gasteiger partial charge >= 0.3 is 0 Å². The lowest BCUT2D eigenvalue weighted by atomic mass is 10.1. The van der Waals surface area contributed by atoms with Gasteiger partial charge in [-0.15, -0.1) is 0 Å². The Labute approximate surface area is 111 Å². The van der Waals surface area contributed by atoms with E-state index in [2.05, 4.69) is 9.97 Å². The van der Waals surface area contributed by atoms with Gasteiger partial charge in [0, 0.05) is 5.56 Å². The molecule has 0 spiro atoms. The molecule has 4 nitrogen and oxygen atoms in total. The van der Waals surface area contributed by atoms with E-state index in [1.165, 1.54) is 6.07 Å². The van der Waals surface area contributed by atoms with Gasteiger partial charge in [0.15, 0.2) is 11.6 Å². The van der Waals surface area contributed by atoms with Crippen LogP contribution in [0.25, 0.3) is 11.3 Å². The van der Waals surface area contributed by atoms with E-state index in [1.807, 2.05) is 6.92 Å². The molecule has 100 valence electrons.